The molecule has 14 heavy (non-hydrogen) atoms. The van der Waals surface area contributed by atoms with Crippen molar-refractivity contribution in [2.45, 2.75) is 0 Å². The first-order valence-corrected chi connectivity index (χ1v) is 4.70. The van der Waals surface area contributed by atoms with Crippen LogP contribution in [-0.4, -0.2) is 21.4 Å². The highest BCUT2D eigenvalue weighted by molar-refractivity contribution is 7.14. The lowest BCUT2D eigenvalue weighted by atomic mass is 10.6. The Kier molecular flexibility index (Phi) is 2.41. The van der Waals surface area contributed by atoms with Gasteiger partial charge in [0.05, 0.1) is 11.2 Å². The molecule has 7 heteroatoms. The lowest BCUT2D eigenvalue weighted by Gasteiger charge is -2.01. The number of anilines is 2. The third kappa shape index (κ3) is 2.07. The van der Waals surface area contributed by atoms with Crippen molar-refractivity contribution >= 4 is 28.2 Å². The molecule has 0 saturated heterocycles. The predicted octanol–water partition coefficient (Wildman–Crippen LogP) is 1.51. The van der Waals surface area contributed by atoms with Crippen molar-refractivity contribution in [1.29, 1.82) is 0 Å². The molecule has 0 unspecified atom stereocenters. The van der Waals surface area contributed by atoms with Crippen molar-refractivity contribution in [2.24, 2.45) is 0 Å². The van der Waals surface area contributed by atoms with Gasteiger partial charge in [-0.25, -0.2) is 4.79 Å². The van der Waals surface area contributed by atoms with Crippen LogP contribution in [0.25, 0.3) is 0 Å². The van der Waals surface area contributed by atoms with Crippen molar-refractivity contribution in [1.82, 2.24) is 15.4 Å². The van der Waals surface area contributed by atoms with E-state index in [9.17, 15) is 4.79 Å². The van der Waals surface area contributed by atoms with Gasteiger partial charge in [0.15, 0.2) is 5.82 Å². The van der Waals surface area contributed by atoms with E-state index < -0.39 is 0 Å². The molecule has 2 rings (SSSR count). The van der Waals surface area contributed by atoms with Crippen LogP contribution in [0.3, 0.4) is 0 Å². The van der Waals surface area contributed by atoms with Crippen molar-refractivity contribution < 1.29 is 4.79 Å². The highest BCUT2D eigenvalue weighted by Crippen LogP contribution is 2.14. The average Bonchev–Trinajstić information content (AvgIpc) is 2.76. The van der Waals surface area contributed by atoms with Crippen LogP contribution in [0.5, 0.6) is 0 Å². The predicted molar refractivity (Wildman–Crippen MR) is 53.3 cm³/mol. The van der Waals surface area contributed by atoms with Crippen LogP contribution in [0, 0.1) is 0 Å². The molecule has 2 aromatic heterocycles. The third-order valence-corrected chi connectivity index (χ3v) is 2.20. The number of rotatable bonds is 2. The molecule has 2 aromatic rings. The normalized spacial score (nSPS) is 9.71. The molecule has 2 heterocycles. The number of urea groups is 1. The summed E-state index contributed by atoms with van der Waals surface area (Å²) in [6.07, 6.45) is 1.42. The Bertz CT molecular complexity index is 357. The minimum atomic E-state index is -0.332. The second kappa shape index (κ2) is 3.88. The van der Waals surface area contributed by atoms with Gasteiger partial charge in [0.2, 0.25) is 0 Å². The van der Waals surface area contributed by atoms with Gasteiger partial charge in [-0.15, -0.1) is 16.4 Å². The van der Waals surface area contributed by atoms with Gasteiger partial charge < -0.3 is 0 Å². The standard InChI is InChI=1S/C7H7N5OS/c13-7(9-5-4-8-12-11-5)10-6-2-1-3-14-6/h1-4H,(H3,8,9,10,11,12,13). The highest BCUT2D eigenvalue weighted by Gasteiger charge is 2.03. The Hall–Kier alpha value is -1.89. The summed E-state index contributed by atoms with van der Waals surface area (Å²) in [4.78, 5) is 11.3. The van der Waals surface area contributed by atoms with Crippen LogP contribution in [-0.2, 0) is 0 Å². The van der Waals surface area contributed by atoms with Crippen LogP contribution in [0.4, 0.5) is 15.6 Å². The Morgan fingerprint density at radius 2 is 2.43 bits per heavy atom. The number of nitrogens with one attached hydrogen (secondary N) is 3. The topological polar surface area (TPSA) is 82.7 Å². The molecular weight excluding hydrogens is 202 g/mol. The Balaban J connectivity index is 1.91. The number of amides is 2. The summed E-state index contributed by atoms with van der Waals surface area (Å²) in [6.45, 7) is 0. The summed E-state index contributed by atoms with van der Waals surface area (Å²) in [5, 5.41) is 17.5. The number of hydrogen-bond acceptors (Lipinski definition) is 4. The van der Waals surface area contributed by atoms with Crippen LogP contribution >= 0.6 is 11.3 Å². The van der Waals surface area contributed by atoms with Crippen LogP contribution in [0.1, 0.15) is 0 Å². The minimum Gasteiger partial charge on any atom is -0.299 e. The number of hydrogen-bond donors (Lipinski definition) is 3. The number of aromatic nitrogens is 3. The van der Waals surface area contributed by atoms with E-state index in [1.807, 2.05) is 17.5 Å². The summed E-state index contributed by atoms with van der Waals surface area (Å²) in [6, 6.07) is 3.34. The lowest BCUT2D eigenvalue weighted by molar-refractivity contribution is 0.262. The van der Waals surface area contributed by atoms with Crippen molar-refractivity contribution in [3.05, 3.63) is 23.7 Å². The maximum absolute atomic E-state index is 11.3. The van der Waals surface area contributed by atoms with Crippen molar-refractivity contribution in [2.75, 3.05) is 10.6 Å². The number of thiophene rings is 1. The van der Waals surface area contributed by atoms with Crippen molar-refractivity contribution in [3.63, 3.8) is 0 Å². The van der Waals surface area contributed by atoms with Gasteiger partial charge in [-0.1, -0.05) is 0 Å². The molecule has 0 spiro atoms. The van der Waals surface area contributed by atoms with Gasteiger partial charge >= 0.3 is 6.03 Å². The van der Waals surface area contributed by atoms with E-state index in [0.29, 0.717) is 5.82 Å². The SMILES string of the molecule is O=C(Nc1cn[nH]n1)Nc1cccs1. The Morgan fingerprint density at radius 1 is 1.50 bits per heavy atom. The number of nitrogens with zero attached hydrogens (tertiary/aromatic N) is 2. The van der Waals surface area contributed by atoms with Gasteiger partial charge in [0.1, 0.15) is 0 Å². The molecule has 0 aliphatic heterocycles. The van der Waals surface area contributed by atoms with E-state index >= 15 is 0 Å². The maximum atomic E-state index is 11.3. The molecule has 0 aromatic carbocycles. The highest BCUT2D eigenvalue weighted by atomic mass is 32.1. The fourth-order valence-electron chi connectivity index (χ4n) is 0.871. The zero-order valence-corrected chi connectivity index (χ0v) is 7.84. The molecule has 0 aliphatic carbocycles. The summed E-state index contributed by atoms with van der Waals surface area (Å²) < 4.78 is 0. The monoisotopic (exact) mass is 209 g/mol. The molecule has 0 radical (unpaired) electrons. The molecule has 0 atom stereocenters. The number of H-pyrrole nitrogens is 1. The van der Waals surface area contributed by atoms with E-state index in [0.717, 1.165) is 5.00 Å². The average molecular weight is 209 g/mol. The molecule has 72 valence electrons. The molecular formula is C7H7N5OS. The summed E-state index contributed by atoms with van der Waals surface area (Å²) in [7, 11) is 0. The summed E-state index contributed by atoms with van der Waals surface area (Å²) in [5.41, 5.74) is 0. The van der Waals surface area contributed by atoms with E-state index in [1.54, 1.807) is 0 Å². The van der Waals surface area contributed by atoms with Crippen LogP contribution in [0.15, 0.2) is 23.7 Å². The first-order valence-electron chi connectivity index (χ1n) is 3.82. The first kappa shape index (κ1) is 8.70. The smallest absolute Gasteiger partial charge is 0.299 e. The van der Waals surface area contributed by atoms with E-state index in [4.69, 9.17) is 0 Å². The minimum absolute atomic E-state index is 0.332. The fourth-order valence-corrected chi connectivity index (χ4v) is 1.48. The molecule has 0 fully saturated rings. The van der Waals surface area contributed by atoms with E-state index in [2.05, 4.69) is 26.0 Å². The number of carbonyl (C=O) groups excluding carboxylic acids is 1. The molecule has 0 bridgehead atoms. The van der Waals surface area contributed by atoms with Gasteiger partial charge in [-0.05, 0) is 17.5 Å². The van der Waals surface area contributed by atoms with Gasteiger partial charge in [0, 0.05) is 0 Å². The third-order valence-electron chi connectivity index (χ3n) is 1.41. The number of carbonyl (C=O) groups is 1. The maximum Gasteiger partial charge on any atom is 0.325 e. The Morgan fingerprint density at radius 3 is 3.07 bits per heavy atom. The fraction of sp³-hybridized carbons (Fsp3) is 0. The largest absolute Gasteiger partial charge is 0.325 e. The van der Waals surface area contributed by atoms with Crippen LogP contribution in [0.2, 0.25) is 0 Å². The second-order valence-corrected chi connectivity index (χ2v) is 3.36. The summed E-state index contributed by atoms with van der Waals surface area (Å²) >= 11 is 1.45. The zero-order chi connectivity index (χ0) is 9.80. The van der Waals surface area contributed by atoms with Gasteiger partial charge in [-0.2, -0.15) is 10.3 Å². The van der Waals surface area contributed by atoms with Crippen molar-refractivity contribution in [3.8, 4) is 0 Å². The molecule has 0 saturated carbocycles. The molecule has 2 amide bonds. The molecule has 0 aliphatic rings. The van der Waals surface area contributed by atoms with E-state index in [1.165, 1.54) is 17.5 Å². The lowest BCUT2D eigenvalue weighted by Crippen LogP contribution is -2.18. The second-order valence-electron chi connectivity index (χ2n) is 2.41. The van der Waals surface area contributed by atoms with Gasteiger partial charge in [0.25, 0.3) is 0 Å². The van der Waals surface area contributed by atoms with Crippen LogP contribution < -0.4 is 10.6 Å². The van der Waals surface area contributed by atoms with E-state index in [-0.39, 0.29) is 6.03 Å². The Labute approximate surface area is 83.3 Å². The quantitative estimate of drug-likeness (QED) is 0.701. The zero-order valence-electron chi connectivity index (χ0n) is 7.02. The first-order chi connectivity index (χ1) is 6.84. The molecule has 6 nitrogen and oxygen atoms in total. The number of aromatic amines is 1. The summed E-state index contributed by atoms with van der Waals surface area (Å²) in [5.74, 6) is 0.388. The van der Waals surface area contributed by atoms with Gasteiger partial charge in [-0.3, -0.25) is 10.6 Å². The molecule has 3 N–H and O–H groups in total.